The Morgan fingerprint density at radius 2 is 1.03 bits per heavy atom. The van der Waals surface area contributed by atoms with Crippen LogP contribution in [0, 0.1) is 35.5 Å². The molecule has 3 aliphatic heterocycles. The molecule has 0 aliphatic carbocycles. The third kappa shape index (κ3) is 16.9. The van der Waals surface area contributed by atoms with Crippen molar-refractivity contribution in [1.29, 1.82) is 0 Å². The van der Waals surface area contributed by atoms with E-state index in [1.165, 1.54) is 0 Å². The second kappa shape index (κ2) is 27.5. The van der Waals surface area contributed by atoms with Crippen molar-refractivity contribution in [2.75, 3.05) is 72.6 Å². The molecule has 3 saturated heterocycles. The van der Waals surface area contributed by atoms with E-state index in [0.717, 1.165) is 86.3 Å². The number of carboxylic acids is 3. The zero-order chi connectivity index (χ0) is 48.3. The van der Waals surface area contributed by atoms with Crippen molar-refractivity contribution in [3.8, 4) is 5.75 Å². The van der Waals surface area contributed by atoms with Crippen LogP contribution in [0.4, 0.5) is 0 Å². The maximum Gasteiger partial charge on any atom is 0.307 e. The van der Waals surface area contributed by atoms with E-state index in [1.54, 1.807) is 7.05 Å². The van der Waals surface area contributed by atoms with Crippen molar-refractivity contribution in [3.63, 3.8) is 0 Å². The van der Waals surface area contributed by atoms with Crippen molar-refractivity contribution in [2.45, 2.75) is 76.0 Å². The van der Waals surface area contributed by atoms with Crippen LogP contribution in [0.5, 0.6) is 5.75 Å². The minimum Gasteiger partial charge on any atom is -0.492 e. The van der Waals surface area contributed by atoms with Crippen LogP contribution in [-0.2, 0) is 46.7 Å². The van der Waals surface area contributed by atoms with Crippen molar-refractivity contribution < 1.29 is 60.0 Å². The highest BCUT2D eigenvalue weighted by molar-refractivity contribution is 5.72. The Bertz CT molecular complexity index is 1890. The number of rotatable bonds is 26. The van der Waals surface area contributed by atoms with Gasteiger partial charge in [-0.3, -0.25) is 19.3 Å². The van der Waals surface area contributed by atoms with Gasteiger partial charge in [0.2, 0.25) is 0 Å². The minimum atomic E-state index is -1.55. The summed E-state index contributed by atoms with van der Waals surface area (Å²) >= 11 is 0. The monoisotopic (exact) mass is 936 g/mol. The fourth-order valence-corrected chi connectivity index (χ4v) is 9.58. The van der Waals surface area contributed by atoms with Crippen LogP contribution in [0.25, 0.3) is 0 Å². The maximum atomic E-state index is 12.2. The predicted octanol–water partition coefficient (Wildman–Crippen LogP) is 0.968. The summed E-state index contributed by atoms with van der Waals surface area (Å²) in [6.07, 6.45) is -1.62. The van der Waals surface area contributed by atoms with Gasteiger partial charge in [-0.05, 0) is 143 Å². The highest BCUT2D eigenvalue weighted by Crippen LogP contribution is 2.28. The molecule has 10 atom stereocenters. The van der Waals surface area contributed by atoms with Gasteiger partial charge >= 0.3 is 17.9 Å². The van der Waals surface area contributed by atoms with E-state index in [4.69, 9.17) is 25.2 Å². The van der Waals surface area contributed by atoms with E-state index >= 15 is 0 Å². The molecule has 3 fully saturated rings. The number of aliphatic hydroxyl groups is 5. The summed E-state index contributed by atoms with van der Waals surface area (Å²) < 4.78 is 6.30. The zero-order valence-corrected chi connectivity index (χ0v) is 38.6. The number of carboxylic acid groups (broad SMARTS) is 3. The van der Waals surface area contributed by atoms with E-state index in [0.29, 0.717) is 51.3 Å². The summed E-state index contributed by atoms with van der Waals surface area (Å²) in [5.41, 5.74) is 5.13. The first-order valence-corrected chi connectivity index (χ1v) is 23.6. The first-order valence-electron chi connectivity index (χ1n) is 23.6. The van der Waals surface area contributed by atoms with Crippen LogP contribution in [0.3, 0.4) is 0 Å². The molecule has 3 aromatic carbocycles. The molecule has 0 saturated carbocycles. The fourth-order valence-electron chi connectivity index (χ4n) is 9.58. The van der Waals surface area contributed by atoms with E-state index in [2.05, 4.69) is 50.4 Å². The topological polar surface area (TPSA) is 274 Å². The van der Waals surface area contributed by atoms with Crippen molar-refractivity contribution in [2.24, 2.45) is 35.5 Å². The van der Waals surface area contributed by atoms with Gasteiger partial charge in [0.1, 0.15) is 30.7 Å². The average Bonchev–Trinajstić information content (AvgIpc) is 4.15. The number of likely N-dealkylation sites (N-methyl/N-ethyl adjacent to an activating group) is 1. The lowest BCUT2D eigenvalue weighted by molar-refractivity contribution is -0.144. The summed E-state index contributed by atoms with van der Waals surface area (Å²) in [6, 6.07) is 24.2. The van der Waals surface area contributed by atoms with Gasteiger partial charge in [0.05, 0.1) is 30.5 Å². The average molecular weight is 936 g/mol. The normalized spacial score (nSPS) is 21.4. The minimum absolute atomic E-state index is 0.0936. The Labute approximate surface area is 393 Å². The van der Waals surface area contributed by atoms with Crippen LogP contribution in [-0.4, -0.2) is 161 Å². The number of benzene rings is 3. The Balaban J connectivity index is 0.000000563. The molecule has 17 nitrogen and oxygen atoms in total. The Morgan fingerprint density at radius 1 is 0.627 bits per heavy atom. The molecule has 0 aromatic heterocycles. The highest BCUT2D eigenvalue weighted by atomic mass is 16.5. The molecule has 0 unspecified atom stereocenters. The van der Waals surface area contributed by atoms with Crippen molar-refractivity contribution in [3.05, 3.63) is 101 Å². The largest absolute Gasteiger partial charge is 0.492 e. The Kier molecular flexibility index (Phi) is 21.9. The smallest absolute Gasteiger partial charge is 0.307 e. The molecule has 3 aromatic rings. The molecule has 12 N–H and O–H groups in total. The lowest BCUT2D eigenvalue weighted by Gasteiger charge is -2.25. The molecule has 3 heterocycles. The molecule has 67 heavy (non-hydrogen) atoms. The highest BCUT2D eigenvalue weighted by Gasteiger charge is 2.33. The van der Waals surface area contributed by atoms with Gasteiger partial charge in [0, 0.05) is 26.2 Å². The van der Waals surface area contributed by atoms with Crippen molar-refractivity contribution >= 4 is 17.9 Å². The lowest BCUT2D eigenvalue weighted by atomic mass is 9.86. The summed E-state index contributed by atoms with van der Waals surface area (Å²) in [5.74, 6) is -2.53. The first kappa shape index (κ1) is 53.4. The van der Waals surface area contributed by atoms with Crippen LogP contribution in [0.1, 0.15) is 47.1 Å². The van der Waals surface area contributed by atoms with E-state index in [1.807, 2.05) is 48.5 Å². The van der Waals surface area contributed by atoms with Gasteiger partial charge in [-0.2, -0.15) is 0 Å². The lowest BCUT2D eigenvalue weighted by Crippen LogP contribution is -2.48. The number of hydrogen-bond acceptors (Lipinski definition) is 14. The van der Waals surface area contributed by atoms with E-state index in [-0.39, 0.29) is 24.3 Å². The molecule has 17 heteroatoms. The number of hydrogen-bond donors (Lipinski definition) is 12. The van der Waals surface area contributed by atoms with Gasteiger partial charge in [0.25, 0.3) is 0 Å². The Morgan fingerprint density at radius 3 is 1.42 bits per heavy atom. The second-order valence-electron chi connectivity index (χ2n) is 18.4. The molecule has 0 amide bonds. The summed E-state index contributed by atoms with van der Waals surface area (Å²) in [4.78, 5) is 38.9. The quantitative estimate of drug-likeness (QED) is 0.0535. The fraction of sp³-hybridized carbons (Fsp3) is 0.580. The zero-order valence-electron chi connectivity index (χ0n) is 38.6. The molecule has 3 aliphatic rings. The summed E-state index contributed by atoms with van der Waals surface area (Å²) in [7, 11) is 1.57. The summed E-state index contributed by atoms with van der Waals surface area (Å²) in [5, 5.41) is 87.4. The van der Waals surface area contributed by atoms with Crippen LogP contribution in [0.2, 0.25) is 0 Å². The van der Waals surface area contributed by atoms with Gasteiger partial charge in [-0.1, -0.05) is 60.7 Å². The van der Waals surface area contributed by atoms with E-state index in [9.17, 15) is 34.8 Å². The number of ether oxygens (including phenoxy) is 1. The van der Waals surface area contributed by atoms with Crippen LogP contribution >= 0.6 is 0 Å². The molecule has 0 radical (unpaired) electrons. The number of aliphatic carboxylic acids is 3. The number of carbonyl (C=O) groups is 3. The Hall–Kier alpha value is -4.53. The number of nitrogens with zero attached hydrogens (tertiary/aromatic N) is 1. The molecule has 0 bridgehead atoms. The third-order valence-corrected chi connectivity index (χ3v) is 13.4. The van der Waals surface area contributed by atoms with E-state index < -0.39 is 66.7 Å². The first-order chi connectivity index (χ1) is 32.3. The molecular weight excluding hydrogens is 863 g/mol. The second-order valence-corrected chi connectivity index (χ2v) is 18.4. The van der Waals surface area contributed by atoms with Gasteiger partial charge in [-0.15, -0.1) is 0 Å². The van der Waals surface area contributed by atoms with Crippen LogP contribution in [0.15, 0.2) is 72.8 Å². The van der Waals surface area contributed by atoms with Gasteiger partial charge < -0.3 is 66.9 Å². The van der Waals surface area contributed by atoms with Gasteiger partial charge in [0.15, 0.2) is 0 Å². The van der Waals surface area contributed by atoms with Crippen molar-refractivity contribution in [1.82, 2.24) is 26.2 Å². The number of nitrogens with one attached hydrogen (secondary N) is 4. The summed E-state index contributed by atoms with van der Waals surface area (Å²) in [6.45, 7) is 6.42. The maximum absolute atomic E-state index is 12.2. The molecular formula is C50H73N5O12. The molecule has 0 spiro atoms. The standard InChI is InChI=1S/C43H56N4O7.C7H17NO5/c48-41(49)38(34-10-13-44-24-34)21-29-4-1-7-32(18-29)27-47(28-33-8-2-5-30(19-33)22-39(42(50)51)35-11-14-45-25-35)16-17-54-37-9-3-6-31(20-37)23-40(43(52)53)36-12-15-46-26-36;1-8-2-4(10)6(12)7(13)5(11)3-9/h1-9,18-20,34-36,38-40,44-46H,10-17,21-28H2,(H,48,49)(H,50,51)(H,52,53);4-13H,2-3H2,1H3/t34-,35-,36-,38-,39-,40-;4-,5+,6+,7+/m00/s1. The molecule has 370 valence electrons. The van der Waals surface area contributed by atoms with Gasteiger partial charge in [-0.25, -0.2) is 0 Å². The molecule has 6 rings (SSSR count). The van der Waals surface area contributed by atoms with Crippen LogP contribution < -0.4 is 26.0 Å². The third-order valence-electron chi connectivity index (χ3n) is 13.4. The SMILES string of the molecule is CNC[C@H](O)[C@@H](O)[C@H](O)[C@H](O)CO.O=C(O)[C@@H](Cc1cccc(CN(CCOc2cccc(C[C@H](C(=O)O)[C@H]3CCNC3)c2)Cc2cccc(C[C@H](C(=O)O)[C@H]3CCNC3)c2)c1)[C@H]1CCNC1. The number of aliphatic hydroxyl groups excluding tert-OH is 5. The predicted molar refractivity (Wildman–Crippen MR) is 251 cm³/mol.